The van der Waals surface area contributed by atoms with Gasteiger partial charge in [-0.25, -0.2) is 8.42 Å². The molecule has 0 spiro atoms. The van der Waals surface area contributed by atoms with Crippen LogP contribution >= 0.6 is 0 Å². The number of amides is 1. The molecule has 0 aliphatic carbocycles. The van der Waals surface area contributed by atoms with Crippen LogP contribution in [0, 0.1) is 0 Å². The third-order valence-corrected chi connectivity index (χ3v) is 4.50. The number of carbonyl (C=O) groups is 1. The Morgan fingerprint density at radius 1 is 1.22 bits per heavy atom. The Morgan fingerprint density at radius 2 is 1.87 bits per heavy atom. The number of benzene rings is 1. The maximum atomic E-state index is 12.0. The van der Waals surface area contributed by atoms with E-state index in [1.165, 1.54) is 4.31 Å². The average molecular weight is 343 g/mol. The van der Waals surface area contributed by atoms with Crippen LogP contribution in [0.15, 0.2) is 24.3 Å². The van der Waals surface area contributed by atoms with Gasteiger partial charge in [0.2, 0.25) is 15.9 Å². The van der Waals surface area contributed by atoms with Crippen LogP contribution in [0.3, 0.4) is 0 Å². The van der Waals surface area contributed by atoms with Crippen molar-refractivity contribution in [3.63, 3.8) is 0 Å². The molecule has 1 aromatic carbocycles. The second kappa shape index (κ2) is 8.85. The van der Waals surface area contributed by atoms with E-state index in [0.29, 0.717) is 12.3 Å². The molecule has 0 aliphatic rings. The molecule has 0 fully saturated rings. The van der Waals surface area contributed by atoms with Gasteiger partial charge < -0.3 is 15.0 Å². The molecule has 1 rings (SSSR count). The molecule has 0 saturated carbocycles. The van der Waals surface area contributed by atoms with E-state index in [9.17, 15) is 13.2 Å². The maximum absolute atomic E-state index is 12.0. The molecule has 0 heterocycles. The topological polar surface area (TPSA) is 79.0 Å². The van der Waals surface area contributed by atoms with Crippen molar-refractivity contribution in [3.05, 3.63) is 29.8 Å². The van der Waals surface area contributed by atoms with Gasteiger partial charge >= 0.3 is 0 Å². The van der Waals surface area contributed by atoms with Crippen LogP contribution in [0.5, 0.6) is 5.75 Å². The minimum absolute atomic E-state index is 0.193. The smallest absolute Gasteiger partial charge is 0.235 e. The van der Waals surface area contributed by atoms with Gasteiger partial charge in [0.05, 0.1) is 19.9 Å². The molecule has 0 saturated heterocycles. The number of nitrogens with one attached hydrogen (secondary N) is 1. The zero-order valence-electron chi connectivity index (χ0n) is 14.1. The SMILES string of the molecule is COc1ccccc1CNC(=O)CN(CCN(C)C)S(C)(=O)=O. The molecule has 0 radical (unpaired) electrons. The molecule has 0 aliphatic heterocycles. The number of likely N-dealkylation sites (N-methyl/N-ethyl adjacent to an activating group) is 1. The van der Waals surface area contributed by atoms with Crippen LogP contribution in [0.25, 0.3) is 0 Å². The van der Waals surface area contributed by atoms with Crippen molar-refractivity contribution in [2.24, 2.45) is 0 Å². The van der Waals surface area contributed by atoms with Crippen molar-refractivity contribution >= 4 is 15.9 Å². The summed E-state index contributed by atoms with van der Waals surface area (Å²) in [5.41, 5.74) is 0.836. The fourth-order valence-corrected chi connectivity index (χ4v) is 2.70. The summed E-state index contributed by atoms with van der Waals surface area (Å²) in [5, 5.41) is 2.73. The second-order valence-corrected chi connectivity index (χ2v) is 7.47. The molecular weight excluding hydrogens is 318 g/mol. The molecule has 1 aromatic rings. The van der Waals surface area contributed by atoms with Crippen LogP contribution in [0.1, 0.15) is 5.56 Å². The first-order valence-corrected chi connectivity index (χ1v) is 9.07. The van der Waals surface area contributed by atoms with E-state index >= 15 is 0 Å². The summed E-state index contributed by atoms with van der Waals surface area (Å²) in [5.74, 6) is 0.334. The summed E-state index contributed by atoms with van der Waals surface area (Å²) in [6.07, 6.45) is 1.11. The van der Waals surface area contributed by atoms with Gasteiger partial charge in [-0.3, -0.25) is 4.79 Å². The van der Waals surface area contributed by atoms with Gasteiger partial charge in [-0.05, 0) is 20.2 Å². The summed E-state index contributed by atoms with van der Waals surface area (Å²) in [6, 6.07) is 7.35. The Kier molecular flexibility index (Phi) is 7.47. The molecule has 0 unspecified atom stereocenters. The highest BCUT2D eigenvalue weighted by Gasteiger charge is 2.20. The standard InChI is InChI=1S/C15H25N3O4S/c1-17(2)9-10-18(23(4,20)21)12-15(19)16-11-13-7-5-6-8-14(13)22-3/h5-8H,9-12H2,1-4H3,(H,16,19). The number of hydrogen-bond donors (Lipinski definition) is 1. The van der Waals surface area contributed by atoms with Crippen molar-refractivity contribution in [2.75, 3.05) is 47.1 Å². The number of carbonyl (C=O) groups excluding carboxylic acids is 1. The lowest BCUT2D eigenvalue weighted by molar-refractivity contribution is -0.121. The molecular formula is C15H25N3O4S. The third kappa shape index (κ3) is 6.98. The fourth-order valence-electron chi connectivity index (χ4n) is 1.93. The van der Waals surface area contributed by atoms with Gasteiger partial charge in [0.1, 0.15) is 5.75 Å². The first-order valence-electron chi connectivity index (χ1n) is 7.22. The van der Waals surface area contributed by atoms with E-state index in [0.717, 1.165) is 11.8 Å². The third-order valence-electron chi connectivity index (χ3n) is 3.25. The van der Waals surface area contributed by atoms with Crippen molar-refractivity contribution in [1.29, 1.82) is 0 Å². The number of ether oxygens (including phenoxy) is 1. The Balaban J connectivity index is 2.62. The van der Waals surface area contributed by atoms with E-state index in [-0.39, 0.29) is 25.5 Å². The Bertz CT molecular complexity index is 617. The molecule has 0 bridgehead atoms. The average Bonchev–Trinajstić information content (AvgIpc) is 2.48. The molecule has 1 amide bonds. The molecule has 0 atom stereocenters. The van der Waals surface area contributed by atoms with Crippen molar-refractivity contribution < 1.29 is 17.9 Å². The van der Waals surface area contributed by atoms with Gasteiger partial charge in [-0.2, -0.15) is 4.31 Å². The first-order chi connectivity index (χ1) is 10.7. The van der Waals surface area contributed by atoms with Crippen molar-refractivity contribution in [1.82, 2.24) is 14.5 Å². The predicted molar refractivity (Wildman–Crippen MR) is 89.8 cm³/mol. The van der Waals surface area contributed by atoms with Gasteiger partial charge in [-0.1, -0.05) is 18.2 Å². The highest BCUT2D eigenvalue weighted by atomic mass is 32.2. The van der Waals surface area contributed by atoms with Crippen LogP contribution in [0.4, 0.5) is 0 Å². The maximum Gasteiger partial charge on any atom is 0.235 e. The number of rotatable bonds is 9. The largest absolute Gasteiger partial charge is 0.496 e. The fraction of sp³-hybridized carbons (Fsp3) is 0.533. The summed E-state index contributed by atoms with van der Waals surface area (Å²) in [6.45, 7) is 0.913. The van der Waals surface area contributed by atoms with Gasteiger partial charge in [-0.15, -0.1) is 0 Å². The van der Waals surface area contributed by atoms with Crippen LogP contribution < -0.4 is 10.1 Å². The van der Waals surface area contributed by atoms with Crippen LogP contribution in [-0.2, 0) is 21.4 Å². The first kappa shape index (κ1) is 19.4. The Hall–Kier alpha value is -1.64. The van der Waals surface area contributed by atoms with Crippen LogP contribution in [0.2, 0.25) is 0 Å². The highest BCUT2D eigenvalue weighted by Crippen LogP contribution is 2.16. The Labute approximate surface area is 138 Å². The lowest BCUT2D eigenvalue weighted by Crippen LogP contribution is -2.42. The van der Waals surface area contributed by atoms with Gasteiger partial charge in [0, 0.05) is 25.2 Å². The summed E-state index contributed by atoms with van der Waals surface area (Å²) in [7, 11) is 1.83. The van der Waals surface area contributed by atoms with Crippen LogP contribution in [-0.4, -0.2) is 70.6 Å². The van der Waals surface area contributed by atoms with E-state index in [4.69, 9.17) is 4.74 Å². The minimum atomic E-state index is -3.43. The van der Waals surface area contributed by atoms with E-state index in [1.807, 2.05) is 37.2 Å². The van der Waals surface area contributed by atoms with Crippen molar-refractivity contribution in [2.45, 2.75) is 6.54 Å². The summed E-state index contributed by atoms with van der Waals surface area (Å²) < 4.78 is 29.9. The molecule has 8 heteroatoms. The summed E-state index contributed by atoms with van der Waals surface area (Å²) >= 11 is 0. The van der Waals surface area contributed by atoms with Crippen molar-refractivity contribution in [3.8, 4) is 5.75 Å². The summed E-state index contributed by atoms with van der Waals surface area (Å²) in [4.78, 5) is 13.9. The number of sulfonamides is 1. The molecule has 23 heavy (non-hydrogen) atoms. The lowest BCUT2D eigenvalue weighted by atomic mass is 10.2. The van der Waals surface area contributed by atoms with E-state index < -0.39 is 10.0 Å². The second-order valence-electron chi connectivity index (χ2n) is 5.49. The quantitative estimate of drug-likeness (QED) is 0.690. The zero-order valence-corrected chi connectivity index (χ0v) is 14.9. The zero-order chi connectivity index (χ0) is 17.5. The number of nitrogens with zero attached hydrogens (tertiary/aromatic N) is 2. The lowest BCUT2D eigenvalue weighted by Gasteiger charge is -2.21. The molecule has 1 N–H and O–H groups in total. The Morgan fingerprint density at radius 3 is 2.43 bits per heavy atom. The molecule has 130 valence electrons. The van der Waals surface area contributed by atoms with Gasteiger partial charge in [0.25, 0.3) is 0 Å². The highest BCUT2D eigenvalue weighted by molar-refractivity contribution is 7.88. The predicted octanol–water partition coefficient (Wildman–Crippen LogP) is 0.135. The molecule has 7 nitrogen and oxygen atoms in total. The normalized spacial score (nSPS) is 11.7. The number of para-hydroxylation sites is 1. The van der Waals surface area contributed by atoms with E-state index in [1.54, 1.807) is 13.2 Å². The van der Waals surface area contributed by atoms with Gasteiger partial charge in [0.15, 0.2) is 0 Å². The number of methoxy groups -OCH3 is 1. The monoisotopic (exact) mass is 343 g/mol. The van der Waals surface area contributed by atoms with E-state index in [2.05, 4.69) is 5.32 Å². The minimum Gasteiger partial charge on any atom is -0.496 e. The number of hydrogen-bond acceptors (Lipinski definition) is 5. The molecule has 0 aromatic heterocycles.